The predicted molar refractivity (Wildman–Crippen MR) is 96.2 cm³/mol. The third-order valence-electron chi connectivity index (χ3n) is 6.85. The Bertz CT molecular complexity index is 800. The quantitative estimate of drug-likeness (QED) is 0.918. The van der Waals surface area contributed by atoms with E-state index in [0.29, 0.717) is 24.8 Å². The number of aromatic amines is 1. The second kappa shape index (κ2) is 5.72. The molecule has 0 unspecified atom stereocenters. The molecule has 6 heterocycles. The number of benzene rings is 1. The number of fused-ring (bicyclic) bond motifs is 3. The van der Waals surface area contributed by atoms with Crippen molar-refractivity contribution in [2.45, 2.75) is 37.4 Å². The first-order chi connectivity index (χ1) is 12.9. The molecule has 3 atom stereocenters. The van der Waals surface area contributed by atoms with Gasteiger partial charge in [-0.15, -0.1) is 0 Å². The Kier molecular flexibility index (Phi) is 3.31. The average molecular weight is 352 g/mol. The van der Waals surface area contributed by atoms with Crippen molar-refractivity contribution in [2.75, 3.05) is 26.4 Å². The maximum absolute atomic E-state index is 5.65. The van der Waals surface area contributed by atoms with Gasteiger partial charge in [0.05, 0.1) is 6.33 Å². The molecular weight excluding hydrogens is 328 g/mol. The zero-order valence-corrected chi connectivity index (χ0v) is 14.8. The van der Waals surface area contributed by atoms with Gasteiger partial charge in [-0.1, -0.05) is 6.07 Å². The Morgan fingerprint density at radius 2 is 2.00 bits per heavy atom. The van der Waals surface area contributed by atoms with E-state index in [1.54, 1.807) is 6.33 Å². The molecule has 26 heavy (non-hydrogen) atoms. The number of hydrogen-bond acceptors (Lipinski definition) is 5. The van der Waals surface area contributed by atoms with Crippen molar-refractivity contribution in [3.8, 4) is 11.5 Å². The molecule has 1 N–H and O–H groups in total. The monoisotopic (exact) mass is 352 g/mol. The molecule has 0 aliphatic carbocycles. The van der Waals surface area contributed by atoms with Gasteiger partial charge in [-0.3, -0.25) is 9.80 Å². The second-order valence-electron chi connectivity index (χ2n) is 8.08. The molecule has 2 aromatic rings. The molecule has 5 aliphatic rings. The maximum Gasteiger partial charge on any atom is 0.231 e. The Labute approximate surface area is 153 Å². The van der Waals surface area contributed by atoms with Crippen LogP contribution in [0.2, 0.25) is 0 Å². The van der Waals surface area contributed by atoms with Crippen LogP contribution in [0, 0.1) is 5.92 Å². The molecular formula is C20H24N4O2. The Morgan fingerprint density at radius 3 is 2.85 bits per heavy atom. The van der Waals surface area contributed by atoms with Gasteiger partial charge in [0.2, 0.25) is 6.79 Å². The summed E-state index contributed by atoms with van der Waals surface area (Å²) >= 11 is 0. The van der Waals surface area contributed by atoms with E-state index in [0.717, 1.165) is 30.5 Å². The fourth-order valence-electron chi connectivity index (χ4n) is 5.75. The minimum absolute atomic E-state index is 0.343. The molecule has 6 heteroatoms. The van der Waals surface area contributed by atoms with Gasteiger partial charge < -0.3 is 14.5 Å². The summed E-state index contributed by atoms with van der Waals surface area (Å²) in [4.78, 5) is 12.9. The van der Waals surface area contributed by atoms with Gasteiger partial charge >= 0.3 is 0 Å². The fraction of sp³-hybridized carbons (Fsp3) is 0.550. The van der Waals surface area contributed by atoms with Gasteiger partial charge in [0.1, 0.15) is 0 Å². The summed E-state index contributed by atoms with van der Waals surface area (Å²) in [6, 6.07) is 7.81. The molecule has 5 aliphatic heterocycles. The largest absolute Gasteiger partial charge is 0.454 e. The minimum Gasteiger partial charge on any atom is -0.454 e. The van der Waals surface area contributed by atoms with Crippen LogP contribution < -0.4 is 9.47 Å². The van der Waals surface area contributed by atoms with Gasteiger partial charge in [0.25, 0.3) is 0 Å². The highest BCUT2D eigenvalue weighted by atomic mass is 16.7. The number of piperidine rings is 3. The van der Waals surface area contributed by atoms with Gasteiger partial charge in [0, 0.05) is 43.0 Å². The summed E-state index contributed by atoms with van der Waals surface area (Å²) in [5.74, 6) is 3.14. The van der Waals surface area contributed by atoms with E-state index in [1.807, 2.05) is 6.20 Å². The molecule has 1 aromatic carbocycles. The fourth-order valence-corrected chi connectivity index (χ4v) is 5.75. The first-order valence-corrected chi connectivity index (χ1v) is 9.72. The van der Waals surface area contributed by atoms with Crippen LogP contribution >= 0.6 is 0 Å². The van der Waals surface area contributed by atoms with Gasteiger partial charge in [0.15, 0.2) is 11.5 Å². The number of rotatable bonds is 3. The van der Waals surface area contributed by atoms with Crippen LogP contribution in [0.5, 0.6) is 11.5 Å². The minimum atomic E-state index is 0.343. The van der Waals surface area contributed by atoms with E-state index >= 15 is 0 Å². The molecule has 4 saturated heterocycles. The molecule has 0 spiro atoms. The van der Waals surface area contributed by atoms with Crippen LogP contribution in [0.15, 0.2) is 30.7 Å². The van der Waals surface area contributed by atoms with Crippen molar-refractivity contribution in [3.05, 3.63) is 42.0 Å². The number of aromatic nitrogens is 2. The van der Waals surface area contributed by atoms with Gasteiger partial charge in [-0.05, 0) is 49.5 Å². The average Bonchev–Trinajstić information content (AvgIpc) is 3.43. The third-order valence-corrected chi connectivity index (χ3v) is 6.85. The molecule has 0 radical (unpaired) electrons. The summed E-state index contributed by atoms with van der Waals surface area (Å²) in [5, 5.41) is 0. The van der Waals surface area contributed by atoms with E-state index in [1.165, 1.54) is 37.2 Å². The molecule has 1 aromatic heterocycles. The van der Waals surface area contributed by atoms with Crippen LogP contribution in [0.3, 0.4) is 0 Å². The molecule has 6 nitrogen and oxygen atoms in total. The summed E-state index contributed by atoms with van der Waals surface area (Å²) in [6.07, 6.45) is 6.43. The number of likely N-dealkylation sites (tertiary alicyclic amines) is 1. The Hall–Kier alpha value is -2.05. The van der Waals surface area contributed by atoms with Crippen molar-refractivity contribution in [1.82, 2.24) is 19.8 Å². The first kappa shape index (κ1) is 15.1. The number of ether oxygens (including phenoxy) is 2. The van der Waals surface area contributed by atoms with Crippen molar-refractivity contribution in [3.63, 3.8) is 0 Å². The van der Waals surface area contributed by atoms with E-state index in [-0.39, 0.29) is 0 Å². The Morgan fingerprint density at radius 1 is 1.12 bits per heavy atom. The lowest BCUT2D eigenvalue weighted by Gasteiger charge is -2.51. The first-order valence-electron chi connectivity index (χ1n) is 9.72. The normalized spacial score (nSPS) is 35.0. The third kappa shape index (κ3) is 2.21. The van der Waals surface area contributed by atoms with E-state index in [2.05, 4.69) is 38.0 Å². The van der Waals surface area contributed by atoms with Gasteiger partial charge in [-0.25, -0.2) is 4.98 Å². The lowest BCUT2D eigenvalue weighted by Crippen LogP contribution is -2.59. The van der Waals surface area contributed by atoms with Crippen LogP contribution in [-0.4, -0.2) is 58.3 Å². The lowest BCUT2D eigenvalue weighted by atomic mass is 9.75. The van der Waals surface area contributed by atoms with Crippen LogP contribution in [0.25, 0.3) is 0 Å². The Balaban J connectivity index is 1.36. The highest BCUT2D eigenvalue weighted by molar-refractivity contribution is 5.46. The summed E-state index contributed by atoms with van der Waals surface area (Å²) in [7, 11) is 0. The molecule has 0 amide bonds. The van der Waals surface area contributed by atoms with Crippen molar-refractivity contribution in [1.29, 1.82) is 0 Å². The SMILES string of the molecule is c1ncc(CN2C[C@H](c3ccc4c(c3)OCO4)[C@H]3[C@@H]2C2CCN3CC2)[nH]1. The van der Waals surface area contributed by atoms with Gasteiger partial charge in [-0.2, -0.15) is 0 Å². The van der Waals surface area contributed by atoms with Crippen molar-refractivity contribution < 1.29 is 9.47 Å². The van der Waals surface area contributed by atoms with E-state index in [9.17, 15) is 0 Å². The summed E-state index contributed by atoms with van der Waals surface area (Å²) in [5.41, 5.74) is 2.61. The molecule has 0 saturated carbocycles. The molecule has 7 rings (SSSR count). The molecule has 136 valence electrons. The highest BCUT2D eigenvalue weighted by Crippen LogP contribution is 2.48. The highest BCUT2D eigenvalue weighted by Gasteiger charge is 2.53. The van der Waals surface area contributed by atoms with Crippen LogP contribution in [-0.2, 0) is 6.54 Å². The van der Waals surface area contributed by atoms with E-state index in [4.69, 9.17) is 9.47 Å². The van der Waals surface area contributed by atoms with Crippen molar-refractivity contribution >= 4 is 0 Å². The van der Waals surface area contributed by atoms with Crippen LogP contribution in [0.4, 0.5) is 0 Å². The number of nitrogens with one attached hydrogen (secondary N) is 1. The smallest absolute Gasteiger partial charge is 0.231 e. The second-order valence-corrected chi connectivity index (χ2v) is 8.08. The molecule has 4 fully saturated rings. The molecule has 2 bridgehead atoms. The van der Waals surface area contributed by atoms with E-state index < -0.39 is 0 Å². The zero-order valence-electron chi connectivity index (χ0n) is 14.8. The standard InChI is InChI=1S/C20H24N4O2/c1-2-17-18(26-12-25-17)7-14(1)16-10-24(9-15-8-21-11-22-15)19-13-3-5-23(6-4-13)20(16)19/h1-2,7-8,11,13,16,19-20H,3-6,9-10,12H2,(H,21,22)/t16-,19+,20+/m1/s1. The number of nitrogens with zero attached hydrogens (tertiary/aromatic N) is 3. The predicted octanol–water partition coefficient (Wildman–Crippen LogP) is 2.20. The topological polar surface area (TPSA) is 53.6 Å². The maximum atomic E-state index is 5.65. The van der Waals surface area contributed by atoms with Crippen molar-refractivity contribution in [2.24, 2.45) is 5.92 Å². The number of hydrogen-bond donors (Lipinski definition) is 1. The summed E-state index contributed by atoms with van der Waals surface area (Å²) < 4.78 is 11.2. The summed E-state index contributed by atoms with van der Waals surface area (Å²) in [6.45, 7) is 4.92. The zero-order chi connectivity index (χ0) is 17.1. The lowest BCUT2D eigenvalue weighted by molar-refractivity contribution is -0.00895. The van der Waals surface area contributed by atoms with Crippen LogP contribution in [0.1, 0.15) is 30.0 Å². The number of H-pyrrole nitrogens is 1. The number of imidazole rings is 1.